The molecule has 2 N–H and O–H groups in total. The van der Waals surface area contributed by atoms with Crippen molar-refractivity contribution in [1.82, 2.24) is 0 Å². The maximum Gasteiger partial charge on any atom is 0.000832 e. The lowest BCUT2D eigenvalue weighted by atomic mass is 10.1. The zero-order chi connectivity index (χ0) is 8.53. The molecule has 0 aromatic heterocycles. The van der Waals surface area contributed by atoms with E-state index in [0.717, 1.165) is 12.1 Å². The Morgan fingerprint density at radius 2 is 1.82 bits per heavy atom. The molecule has 0 radical (unpaired) electrons. The van der Waals surface area contributed by atoms with Crippen LogP contribution in [-0.4, -0.2) is 0 Å². The monoisotopic (exact) mass is 155 g/mol. The summed E-state index contributed by atoms with van der Waals surface area (Å²) in [6, 6.07) is 0. The second-order valence-corrected chi connectivity index (χ2v) is 3.15. The number of allylic oxidation sites excluding steroid dienone is 2. The zero-order valence-corrected chi connectivity index (χ0v) is 7.90. The van der Waals surface area contributed by atoms with Crippen LogP contribution in [0.4, 0.5) is 0 Å². The Kier molecular flexibility index (Phi) is 7.33. The summed E-state index contributed by atoms with van der Waals surface area (Å²) in [7, 11) is 0. The van der Waals surface area contributed by atoms with Gasteiger partial charge in [-0.05, 0) is 19.8 Å². The van der Waals surface area contributed by atoms with Crippen LogP contribution in [0.1, 0.15) is 52.4 Å². The van der Waals surface area contributed by atoms with Gasteiger partial charge in [-0.15, -0.1) is 0 Å². The Hall–Kier alpha value is -0.460. The van der Waals surface area contributed by atoms with Crippen molar-refractivity contribution < 1.29 is 0 Å². The molecular formula is C10H21N. The van der Waals surface area contributed by atoms with Gasteiger partial charge in [0.05, 0.1) is 0 Å². The van der Waals surface area contributed by atoms with Gasteiger partial charge in [-0.25, -0.2) is 0 Å². The van der Waals surface area contributed by atoms with Gasteiger partial charge in [-0.2, -0.15) is 0 Å². The highest BCUT2D eigenvalue weighted by atomic mass is 14.5. The van der Waals surface area contributed by atoms with E-state index < -0.39 is 0 Å². The summed E-state index contributed by atoms with van der Waals surface area (Å²) >= 11 is 0. The van der Waals surface area contributed by atoms with Crippen LogP contribution in [-0.2, 0) is 0 Å². The van der Waals surface area contributed by atoms with Crippen LogP contribution >= 0.6 is 0 Å². The molecule has 0 heterocycles. The quantitative estimate of drug-likeness (QED) is 0.586. The van der Waals surface area contributed by atoms with Crippen LogP contribution in [0.3, 0.4) is 0 Å². The minimum absolute atomic E-state index is 0.959. The highest BCUT2D eigenvalue weighted by molar-refractivity contribution is 4.90. The Labute approximate surface area is 70.7 Å². The molecule has 11 heavy (non-hydrogen) atoms. The Morgan fingerprint density at radius 1 is 1.18 bits per heavy atom. The van der Waals surface area contributed by atoms with Crippen molar-refractivity contribution in [2.45, 2.75) is 52.4 Å². The van der Waals surface area contributed by atoms with E-state index in [0.29, 0.717) is 0 Å². The molecule has 0 saturated heterocycles. The second-order valence-electron chi connectivity index (χ2n) is 3.15. The molecule has 0 amide bonds. The molecule has 0 aromatic rings. The molecular weight excluding hydrogens is 134 g/mol. The molecule has 66 valence electrons. The number of nitrogens with two attached hydrogens (primary N) is 1. The van der Waals surface area contributed by atoms with Gasteiger partial charge >= 0.3 is 0 Å². The highest BCUT2D eigenvalue weighted by Gasteiger charge is 1.86. The fourth-order valence-corrected chi connectivity index (χ4v) is 1.08. The van der Waals surface area contributed by atoms with E-state index in [9.17, 15) is 0 Å². The number of hydrogen-bond donors (Lipinski definition) is 1. The van der Waals surface area contributed by atoms with Crippen molar-refractivity contribution in [3.8, 4) is 0 Å². The van der Waals surface area contributed by atoms with E-state index in [-0.39, 0.29) is 0 Å². The summed E-state index contributed by atoms with van der Waals surface area (Å²) in [5, 5.41) is 0. The molecule has 0 atom stereocenters. The van der Waals surface area contributed by atoms with Gasteiger partial charge < -0.3 is 5.73 Å². The van der Waals surface area contributed by atoms with E-state index in [1.54, 1.807) is 0 Å². The largest absolute Gasteiger partial charge is 0.403 e. The molecule has 1 nitrogen and oxygen atoms in total. The summed E-state index contributed by atoms with van der Waals surface area (Å²) in [6.45, 7) is 4.19. The SMILES string of the molecule is CCCCCCCC=C(C)N. The van der Waals surface area contributed by atoms with Crippen LogP contribution < -0.4 is 5.73 Å². The van der Waals surface area contributed by atoms with Crippen molar-refractivity contribution in [3.63, 3.8) is 0 Å². The summed E-state index contributed by atoms with van der Waals surface area (Å²) in [6.07, 6.45) is 10.0. The Balaban J connectivity index is 2.97. The van der Waals surface area contributed by atoms with Crippen molar-refractivity contribution in [2.75, 3.05) is 0 Å². The Bertz CT molecular complexity index is 101. The lowest BCUT2D eigenvalue weighted by Crippen LogP contribution is -1.89. The lowest BCUT2D eigenvalue weighted by Gasteiger charge is -1.96. The van der Waals surface area contributed by atoms with Crippen molar-refractivity contribution in [2.24, 2.45) is 5.73 Å². The molecule has 0 aromatic carbocycles. The van der Waals surface area contributed by atoms with Gasteiger partial charge in [0.2, 0.25) is 0 Å². The highest BCUT2D eigenvalue weighted by Crippen LogP contribution is 2.05. The van der Waals surface area contributed by atoms with Crippen molar-refractivity contribution in [1.29, 1.82) is 0 Å². The lowest BCUT2D eigenvalue weighted by molar-refractivity contribution is 0.636. The molecule has 0 aliphatic carbocycles. The smallest absolute Gasteiger partial charge is 0.000832 e. The predicted molar refractivity (Wildman–Crippen MR) is 51.3 cm³/mol. The molecule has 0 spiro atoms. The summed E-state index contributed by atoms with van der Waals surface area (Å²) in [5.74, 6) is 0. The van der Waals surface area contributed by atoms with Crippen LogP contribution in [0.2, 0.25) is 0 Å². The van der Waals surface area contributed by atoms with Gasteiger partial charge in [-0.1, -0.05) is 38.7 Å². The number of rotatable bonds is 6. The van der Waals surface area contributed by atoms with Crippen LogP contribution in [0.5, 0.6) is 0 Å². The normalized spacial score (nSPS) is 12.0. The standard InChI is InChI=1S/C10H21N/c1-3-4-5-6-7-8-9-10(2)11/h9H,3-8,11H2,1-2H3. The number of hydrogen-bond acceptors (Lipinski definition) is 1. The average Bonchev–Trinajstić information content (AvgIpc) is 1.96. The van der Waals surface area contributed by atoms with Crippen LogP contribution in [0.15, 0.2) is 11.8 Å². The van der Waals surface area contributed by atoms with Gasteiger partial charge in [0, 0.05) is 5.70 Å². The predicted octanol–water partition coefficient (Wildman–Crippen LogP) is 3.21. The van der Waals surface area contributed by atoms with E-state index in [2.05, 4.69) is 13.0 Å². The first-order valence-corrected chi connectivity index (χ1v) is 4.69. The Morgan fingerprint density at radius 3 is 2.36 bits per heavy atom. The maximum atomic E-state index is 5.49. The van der Waals surface area contributed by atoms with E-state index in [1.165, 1.54) is 32.1 Å². The minimum Gasteiger partial charge on any atom is -0.403 e. The third-order valence-electron chi connectivity index (χ3n) is 1.77. The summed E-state index contributed by atoms with van der Waals surface area (Å²) < 4.78 is 0. The maximum absolute atomic E-state index is 5.49. The molecule has 0 saturated carbocycles. The van der Waals surface area contributed by atoms with Crippen molar-refractivity contribution in [3.05, 3.63) is 11.8 Å². The van der Waals surface area contributed by atoms with Crippen molar-refractivity contribution >= 4 is 0 Å². The van der Waals surface area contributed by atoms with Gasteiger partial charge in [-0.3, -0.25) is 0 Å². The van der Waals surface area contributed by atoms with E-state index >= 15 is 0 Å². The summed E-state index contributed by atoms with van der Waals surface area (Å²) in [5.41, 5.74) is 6.45. The second kappa shape index (κ2) is 7.64. The van der Waals surface area contributed by atoms with Gasteiger partial charge in [0.1, 0.15) is 0 Å². The molecule has 0 rings (SSSR count). The third kappa shape index (κ3) is 9.54. The molecule has 0 bridgehead atoms. The first-order chi connectivity index (χ1) is 5.27. The molecule has 1 heteroatoms. The van der Waals surface area contributed by atoms with Gasteiger partial charge in [0.25, 0.3) is 0 Å². The fraction of sp³-hybridized carbons (Fsp3) is 0.800. The average molecular weight is 155 g/mol. The van der Waals surface area contributed by atoms with Gasteiger partial charge in [0.15, 0.2) is 0 Å². The first kappa shape index (κ1) is 10.5. The number of unbranched alkanes of at least 4 members (excludes halogenated alkanes) is 5. The molecule has 0 aliphatic rings. The zero-order valence-electron chi connectivity index (χ0n) is 7.90. The molecule has 0 aliphatic heterocycles. The van der Waals surface area contributed by atoms with E-state index in [4.69, 9.17) is 5.73 Å². The van der Waals surface area contributed by atoms with Crippen LogP contribution in [0, 0.1) is 0 Å². The van der Waals surface area contributed by atoms with Crippen LogP contribution in [0.25, 0.3) is 0 Å². The molecule has 0 unspecified atom stereocenters. The summed E-state index contributed by atoms with van der Waals surface area (Å²) in [4.78, 5) is 0. The first-order valence-electron chi connectivity index (χ1n) is 4.69. The molecule has 0 fully saturated rings. The van der Waals surface area contributed by atoms with E-state index in [1.807, 2.05) is 6.92 Å². The minimum atomic E-state index is 0.959. The fourth-order valence-electron chi connectivity index (χ4n) is 1.08. The third-order valence-corrected chi connectivity index (χ3v) is 1.77. The topological polar surface area (TPSA) is 26.0 Å².